The lowest BCUT2D eigenvalue weighted by Crippen LogP contribution is -2.20. The van der Waals surface area contributed by atoms with Crippen LogP contribution in [-0.4, -0.2) is 20.2 Å². The van der Waals surface area contributed by atoms with Crippen molar-refractivity contribution in [3.05, 3.63) is 35.9 Å². The molecule has 7 heteroatoms. The minimum Gasteiger partial charge on any atom is -0.364 e. The number of nitrogens with two attached hydrogens (primary N) is 1. The molecule has 2 heterocycles. The second kappa shape index (κ2) is 5.79. The third kappa shape index (κ3) is 3.61. The Hall–Kier alpha value is -2.28. The van der Waals surface area contributed by atoms with Crippen LogP contribution in [0, 0.1) is 0 Å². The Morgan fingerprint density at radius 2 is 1.95 bits per heavy atom. The number of nitrogens with one attached hydrogen (secondary N) is 2. The molecule has 0 atom stereocenters. The van der Waals surface area contributed by atoms with Gasteiger partial charge in [0.1, 0.15) is 17.5 Å². The van der Waals surface area contributed by atoms with E-state index in [9.17, 15) is 0 Å². The monoisotopic (exact) mass is 273 g/mol. The zero-order valence-corrected chi connectivity index (χ0v) is 11.9. The van der Waals surface area contributed by atoms with Gasteiger partial charge in [0, 0.05) is 17.7 Å². The molecule has 4 N–H and O–H groups in total. The smallest absolute Gasteiger partial charge is 0.145 e. The summed E-state index contributed by atoms with van der Waals surface area (Å²) < 4.78 is 0. The van der Waals surface area contributed by atoms with Gasteiger partial charge in [-0.25, -0.2) is 15.8 Å². The first-order valence-corrected chi connectivity index (χ1v) is 6.35. The highest BCUT2D eigenvalue weighted by molar-refractivity contribution is 5.47. The molecule has 0 amide bonds. The van der Waals surface area contributed by atoms with Crippen LogP contribution in [0.5, 0.6) is 0 Å². The molecule has 0 unspecified atom stereocenters. The van der Waals surface area contributed by atoms with Crippen LogP contribution in [0.3, 0.4) is 0 Å². The average Bonchev–Trinajstić information content (AvgIpc) is 2.45. The molecule has 7 nitrogen and oxygen atoms in total. The fourth-order valence-corrected chi connectivity index (χ4v) is 1.56. The third-order valence-electron chi connectivity index (χ3n) is 2.62. The van der Waals surface area contributed by atoms with Crippen molar-refractivity contribution in [2.45, 2.75) is 32.7 Å². The summed E-state index contributed by atoms with van der Waals surface area (Å²) in [5.41, 5.74) is 3.24. The molecule has 0 aliphatic carbocycles. The molecule has 0 radical (unpaired) electrons. The topological polar surface area (TPSA) is 102 Å². The standard InChI is InChI=1S/C13H19N7/c1-13(2,3)12-17-10(7-11(18-12)19-14)15-8-9-5-4-6-16-20-9/h4-7H,8,14H2,1-3H3,(H2,15,17,18,19). The molecule has 0 aliphatic heterocycles. The number of nitrogens with zero attached hydrogens (tertiary/aromatic N) is 4. The van der Waals surface area contributed by atoms with Gasteiger partial charge in [-0.1, -0.05) is 20.8 Å². The van der Waals surface area contributed by atoms with Crippen molar-refractivity contribution in [1.82, 2.24) is 20.2 Å². The highest BCUT2D eigenvalue weighted by Gasteiger charge is 2.19. The summed E-state index contributed by atoms with van der Waals surface area (Å²) in [6.45, 7) is 6.69. The zero-order chi connectivity index (χ0) is 14.6. The van der Waals surface area contributed by atoms with Crippen LogP contribution in [0.4, 0.5) is 11.6 Å². The maximum absolute atomic E-state index is 5.45. The highest BCUT2D eigenvalue weighted by Crippen LogP contribution is 2.22. The molecule has 0 aromatic carbocycles. The number of rotatable bonds is 4. The quantitative estimate of drug-likeness (QED) is 0.572. The molecule has 2 rings (SSSR count). The van der Waals surface area contributed by atoms with E-state index in [0.717, 1.165) is 11.5 Å². The molecule has 20 heavy (non-hydrogen) atoms. The first-order valence-electron chi connectivity index (χ1n) is 6.35. The summed E-state index contributed by atoms with van der Waals surface area (Å²) in [6, 6.07) is 5.50. The number of nitrogen functional groups attached to an aromatic ring is 1. The van der Waals surface area contributed by atoms with Crippen molar-refractivity contribution in [1.29, 1.82) is 0 Å². The van der Waals surface area contributed by atoms with Crippen LogP contribution >= 0.6 is 0 Å². The Morgan fingerprint density at radius 1 is 1.20 bits per heavy atom. The van der Waals surface area contributed by atoms with Gasteiger partial charge in [0.2, 0.25) is 0 Å². The van der Waals surface area contributed by atoms with Crippen molar-refractivity contribution in [3.63, 3.8) is 0 Å². The molecule has 0 aliphatic rings. The SMILES string of the molecule is CC(C)(C)c1nc(NN)cc(NCc2cccnn2)n1. The van der Waals surface area contributed by atoms with Crippen LogP contribution in [0.2, 0.25) is 0 Å². The molecular formula is C13H19N7. The predicted octanol–water partition coefficient (Wildman–Crippen LogP) is 1.46. The fourth-order valence-electron chi connectivity index (χ4n) is 1.56. The first kappa shape index (κ1) is 14.1. The molecule has 0 saturated heterocycles. The minimum absolute atomic E-state index is 0.157. The van der Waals surface area contributed by atoms with Gasteiger partial charge in [-0.15, -0.1) is 0 Å². The summed E-state index contributed by atoms with van der Waals surface area (Å²) >= 11 is 0. The molecule has 0 saturated carbocycles. The Balaban J connectivity index is 2.19. The zero-order valence-electron chi connectivity index (χ0n) is 11.9. The van der Waals surface area contributed by atoms with E-state index in [1.54, 1.807) is 12.3 Å². The number of hydrogen-bond donors (Lipinski definition) is 3. The van der Waals surface area contributed by atoms with Crippen LogP contribution in [0.15, 0.2) is 24.4 Å². The van der Waals surface area contributed by atoms with E-state index in [2.05, 4.69) is 51.7 Å². The van der Waals surface area contributed by atoms with Crippen LogP contribution in [0.25, 0.3) is 0 Å². The number of aromatic nitrogens is 4. The van der Waals surface area contributed by atoms with Gasteiger partial charge in [0.15, 0.2) is 0 Å². The fraction of sp³-hybridized carbons (Fsp3) is 0.385. The Bertz CT molecular complexity index is 563. The molecule has 0 bridgehead atoms. The van der Waals surface area contributed by atoms with Crippen LogP contribution in [0.1, 0.15) is 32.3 Å². The van der Waals surface area contributed by atoms with Gasteiger partial charge in [-0.2, -0.15) is 10.2 Å². The number of anilines is 2. The Kier molecular flexibility index (Phi) is 4.09. The number of hydrazine groups is 1. The van der Waals surface area contributed by atoms with E-state index in [1.807, 2.05) is 12.1 Å². The van der Waals surface area contributed by atoms with Gasteiger partial charge in [-0.05, 0) is 12.1 Å². The van der Waals surface area contributed by atoms with Crippen molar-refractivity contribution >= 4 is 11.6 Å². The number of hydrogen-bond acceptors (Lipinski definition) is 7. The van der Waals surface area contributed by atoms with E-state index >= 15 is 0 Å². The summed E-state index contributed by atoms with van der Waals surface area (Å²) in [6.07, 6.45) is 1.64. The predicted molar refractivity (Wildman–Crippen MR) is 77.9 cm³/mol. The summed E-state index contributed by atoms with van der Waals surface area (Å²) in [7, 11) is 0. The average molecular weight is 273 g/mol. The van der Waals surface area contributed by atoms with Crippen molar-refractivity contribution < 1.29 is 0 Å². The molecule has 106 valence electrons. The lowest BCUT2D eigenvalue weighted by atomic mass is 9.96. The molecule has 0 fully saturated rings. The molecular weight excluding hydrogens is 254 g/mol. The summed E-state index contributed by atoms with van der Waals surface area (Å²) in [5, 5.41) is 11.0. The van der Waals surface area contributed by atoms with E-state index in [1.165, 1.54) is 0 Å². The lowest BCUT2D eigenvalue weighted by molar-refractivity contribution is 0.546. The maximum atomic E-state index is 5.45. The van der Waals surface area contributed by atoms with Crippen molar-refractivity contribution in [2.24, 2.45) is 5.84 Å². The van der Waals surface area contributed by atoms with Gasteiger partial charge >= 0.3 is 0 Å². The highest BCUT2D eigenvalue weighted by atomic mass is 15.3. The second-order valence-corrected chi connectivity index (χ2v) is 5.42. The van der Waals surface area contributed by atoms with E-state index < -0.39 is 0 Å². The Labute approximate surface area is 118 Å². The van der Waals surface area contributed by atoms with Gasteiger partial charge in [0.05, 0.1) is 12.2 Å². The molecule has 0 spiro atoms. The van der Waals surface area contributed by atoms with Crippen molar-refractivity contribution in [3.8, 4) is 0 Å². The van der Waals surface area contributed by atoms with E-state index in [4.69, 9.17) is 5.84 Å². The Morgan fingerprint density at radius 3 is 2.55 bits per heavy atom. The molecule has 2 aromatic heterocycles. The lowest BCUT2D eigenvalue weighted by Gasteiger charge is -2.18. The van der Waals surface area contributed by atoms with E-state index in [0.29, 0.717) is 18.2 Å². The summed E-state index contributed by atoms with van der Waals surface area (Å²) in [5.74, 6) is 7.44. The van der Waals surface area contributed by atoms with Gasteiger partial charge in [-0.3, -0.25) is 0 Å². The van der Waals surface area contributed by atoms with Crippen LogP contribution in [-0.2, 0) is 12.0 Å². The minimum atomic E-state index is -0.157. The van der Waals surface area contributed by atoms with Gasteiger partial charge < -0.3 is 10.7 Å². The van der Waals surface area contributed by atoms with Crippen molar-refractivity contribution in [2.75, 3.05) is 10.7 Å². The van der Waals surface area contributed by atoms with Gasteiger partial charge in [0.25, 0.3) is 0 Å². The van der Waals surface area contributed by atoms with Crippen LogP contribution < -0.4 is 16.6 Å². The third-order valence-corrected chi connectivity index (χ3v) is 2.62. The summed E-state index contributed by atoms with van der Waals surface area (Å²) in [4.78, 5) is 8.86. The largest absolute Gasteiger partial charge is 0.364 e. The maximum Gasteiger partial charge on any atom is 0.145 e. The normalized spacial score (nSPS) is 11.2. The van der Waals surface area contributed by atoms with E-state index in [-0.39, 0.29) is 5.41 Å². The molecule has 2 aromatic rings. The second-order valence-electron chi connectivity index (χ2n) is 5.42. The first-order chi connectivity index (χ1) is 9.49.